The number of sulfone groups is 1. The Balaban J connectivity index is 1.66. The summed E-state index contributed by atoms with van der Waals surface area (Å²) in [5.41, 5.74) is 1.74. The molecule has 1 atom stereocenters. The highest BCUT2D eigenvalue weighted by Crippen LogP contribution is 2.44. The number of ether oxygens (including phenoxy) is 1. The van der Waals surface area contributed by atoms with E-state index >= 15 is 0 Å². The second kappa shape index (κ2) is 6.70. The molecule has 2 aromatic rings. The van der Waals surface area contributed by atoms with Crippen molar-refractivity contribution in [1.29, 1.82) is 0 Å². The molecule has 6 nitrogen and oxygen atoms in total. The van der Waals surface area contributed by atoms with E-state index in [0.717, 1.165) is 41.9 Å². The lowest BCUT2D eigenvalue weighted by Gasteiger charge is -2.51. The topological polar surface area (TPSA) is 80.3 Å². The summed E-state index contributed by atoms with van der Waals surface area (Å²) in [5.74, 6) is 0.967. The Kier molecular flexibility index (Phi) is 4.52. The summed E-state index contributed by atoms with van der Waals surface area (Å²) in [6, 6.07) is 7.76. The standard InChI is InChI=1S/C19H25N3O3S/c1-2-12-25-16-5-3-4-14-15(6-9-21-18(14)16)22-17-13-26(23,24)19(17)7-10-20-11-8-19/h3-6,9,17,20H,2,7-8,10-13H2,1H3,(H,21,22). The third-order valence-corrected chi connectivity index (χ3v) is 8.32. The average Bonchev–Trinajstić information content (AvgIpc) is 2.66. The summed E-state index contributed by atoms with van der Waals surface area (Å²) in [6.45, 7) is 4.23. The van der Waals surface area contributed by atoms with Gasteiger partial charge < -0.3 is 15.4 Å². The van der Waals surface area contributed by atoms with Gasteiger partial charge in [0.25, 0.3) is 0 Å². The van der Waals surface area contributed by atoms with E-state index in [0.29, 0.717) is 19.4 Å². The molecule has 2 saturated heterocycles. The zero-order valence-electron chi connectivity index (χ0n) is 15.0. The fourth-order valence-electron chi connectivity index (χ4n) is 4.13. The molecule has 1 unspecified atom stereocenters. The Morgan fingerprint density at radius 1 is 1.31 bits per heavy atom. The molecule has 0 aliphatic carbocycles. The molecule has 4 rings (SSSR count). The van der Waals surface area contributed by atoms with Crippen LogP contribution in [0.3, 0.4) is 0 Å². The second-order valence-electron chi connectivity index (χ2n) is 7.15. The number of hydrogen-bond acceptors (Lipinski definition) is 6. The summed E-state index contributed by atoms with van der Waals surface area (Å²) in [6.07, 6.45) is 4.03. The minimum atomic E-state index is -3.03. The van der Waals surface area contributed by atoms with Crippen molar-refractivity contribution < 1.29 is 13.2 Å². The van der Waals surface area contributed by atoms with Crippen LogP contribution < -0.4 is 15.4 Å². The van der Waals surface area contributed by atoms with Crippen LogP contribution in [0.1, 0.15) is 26.2 Å². The molecule has 0 amide bonds. The van der Waals surface area contributed by atoms with E-state index in [1.165, 1.54) is 0 Å². The molecule has 140 valence electrons. The monoisotopic (exact) mass is 375 g/mol. The first-order chi connectivity index (χ1) is 12.6. The summed E-state index contributed by atoms with van der Waals surface area (Å²) >= 11 is 0. The molecule has 0 radical (unpaired) electrons. The van der Waals surface area contributed by atoms with Gasteiger partial charge in [0.1, 0.15) is 11.3 Å². The van der Waals surface area contributed by atoms with Crippen LogP contribution in [0.4, 0.5) is 5.69 Å². The molecular formula is C19H25N3O3S. The highest BCUT2D eigenvalue weighted by molar-refractivity contribution is 7.94. The van der Waals surface area contributed by atoms with Gasteiger partial charge in [0.2, 0.25) is 0 Å². The van der Waals surface area contributed by atoms with Crippen LogP contribution in [-0.4, -0.2) is 49.6 Å². The number of fused-ring (bicyclic) bond motifs is 1. The number of aromatic nitrogens is 1. The maximum Gasteiger partial charge on any atom is 0.160 e. The van der Waals surface area contributed by atoms with Crippen molar-refractivity contribution in [2.24, 2.45) is 0 Å². The predicted octanol–water partition coefficient (Wildman–Crippen LogP) is 2.35. The first-order valence-electron chi connectivity index (χ1n) is 9.27. The van der Waals surface area contributed by atoms with E-state index in [1.807, 2.05) is 24.3 Å². The first kappa shape index (κ1) is 17.5. The lowest BCUT2D eigenvalue weighted by molar-refractivity contribution is 0.320. The lowest BCUT2D eigenvalue weighted by atomic mass is 9.88. The number of piperidine rings is 1. The summed E-state index contributed by atoms with van der Waals surface area (Å²) < 4.78 is 30.2. The maximum atomic E-state index is 12.5. The minimum absolute atomic E-state index is 0.0552. The number of hydrogen-bond donors (Lipinski definition) is 2. The van der Waals surface area contributed by atoms with E-state index < -0.39 is 14.6 Å². The Morgan fingerprint density at radius 3 is 2.85 bits per heavy atom. The molecule has 26 heavy (non-hydrogen) atoms. The Hall–Kier alpha value is -1.86. The summed E-state index contributed by atoms with van der Waals surface area (Å²) in [4.78, 5) is 4.49. The van der Waals surface area contributed by atoms with E-state index in [4.69, 9.17) is 4.74 Å². The van der Waals surface area contributed by atoms with Gasteiger partial charge in [-0.25, -0.2) is 8.42 Å². The van der Waals surface area contributed by atoms with Crippen LogP contribution >= 0.6 is 0 Å². The van der Waals surface area contributed by atoms with Crippen LogP contribution in [0.2, 0.25) is 0 Å². The number of nitrogens with zero attached hydrogens (tertiary/aromatic N) is 1. The van der Waals surface area contributed by atoms with Crippen molar-refractivity contribution in [3.05, 3.63) is 30.5 Å². The van der Waals surface area contributed by atoms with Gasteiger partial charge in [-0.05, 0) is 44.5 Å². The fraction of sp³-hybridized carbons (Fsp3) is 0.526. The zero-order chi connectivity index (χ0) is 18.2. The number of para-hydroxylation sites is 1. The molecule has 2 aliphatic rings. The number of anilines is 1. The maximum absolute atomic E-state index is 12.5. The Bertz CT molecular complexity index is 907. The minimum Gasteiger partial charge on any atom is -0.491 e. The normalized spacial score (nSPS) is 23.5. The smallest absolute Gasteiger partial charge is 0.160 e. The van der Waals surface area contributed by atoms with E-state index in [9.17, 15) is 8.42 Å². The molecule has 2 aliphatic heterocycles. The molecular weight excluding hydrogens is 350 g/mol. The quantitative estimate of drug-likeness (QED) is 0.835. The predicted molar refractivity (Wildman–Crippen MR) is 104 cm³/mol. The van der Waals surface area contributed by atoms with E-state index in [2.05, 4.69) is 22.5 Å². The highest BCUT2D eigenvalue weighted by atomic mass is 32.2. The van der Waals surface area contributed by atoms with Crippen molar-refractivity contribution in [2.45, 2.75) is 37.0 Å². The van der Waals surface area contributed by atoms with Gasteiger partial charge in [-0.1, -0.05) is 19.1 Å². The van der Waals surface area contributed by atoms with Crippen molar-refractivity contribution in [3.63, 3.8) is 0 Å². The van der Waals surface area contributed by atoms with Gasteiger partial charge in [0, 0.05) is 17.3 Å². The third kappa shape index (κ3) is 2.74. The number of benzene rings is 1. The van der Waals surface area contributed by atoms with Crippen LogP contribution in [0, 0.1) is 0 Å². The molecule has 2 fully saturated rings. The van der Waals surface area contributed by atoms with E-state index in [1.54, 1.807) is 6.20 Å². The zero-order valence-corrected chi connectivity index (χ0v) is 15.8. The fourth-order valence-corrected chi connectivity index (χ4v) is 6.41. The van der Waals surface area contributed by atoms with Gasteiger partial charge in [0.05, 0.1) is 23.1 Å². The molecule has 1 spiro atoms. The molecule has 7 heteroatoms. The van der Waals surface area contributed by atoms with Gasteiger partial charge >= 0.3 is 0 Å². The molecule has 0 bridgehead atoms. The average molecular weight is 375 g/mol. The molecule has 0 saturated carbocycles. The van der Waals surface area contributed by atoms with Gasteiger partial charge in [-0.15, -0.1) is 0 Å². The Morgan fingerprint density at radius 2 is 2.12 bits per heavy atom. The van der Waals surface area contributed by atoms with Gasteiger partial charge in [-0.2, -0.15) is 0 Å². The third-order valence-electron chi connectivity index (χ3n) is 5.62. The lowest BCUT2D eigenvalue weighted by Crippen LogP contribution is -2.69. The summed E-state index contributed by atoms with van der Waals surface area (Å²) in [7, 11) is -3.03. The molecule has 1 aromatic heterocycles. The van der Waals surface area contributed by atoms with Crippen LogP contribution in [-0.2, 0) is 9.84 Å². The van der Waals surface area contributed by atoms with Gasteiger partial charge in [-0.3, -0.25) is 4.98 Å². The second-order valence-corrected chi connectivity index (χ2v) is 9.53. The van der Waals surface area contributed by atoms with Crippen molar-refractivity contribution in [2.75, 3.05) is 30.8 Å². The molecule has 3 heterocycles. The Labute approximate surface area is 154 Å². The number of nitrogens with one attached hydrogen (secondary N) is 2. The molecule has 2 N–H and O–H groups in total. The summed E-state index contributed by atoms with van der Waals surface area (Å²) in [5, 5.41) is 7.75. The van der Waals surface area contributed by atoms with Crippen molar-refractivity contribution in [1.82, 2.24) is 10.3 Å². The van der Waals surface area contributed by atoms with Crippen LogP contribution in [0.25, 0.3) is 10.9 Å². The first-order valence-corrected chi connectivity index (χ1v) is 10.9. The molecule has 1 aromatic carbocycles. The SMILES string of the molecule is CCCOc1cccc2c(NC3CS(=O)(=O)C34CCNCC4)ccnc12. The van der Waals surface area contributed by atoms with Gasteiger partial charge in [0.15, 0.2) is 9.84 Å². The van der Waals surface area contributed by atoms with E-state index in [-0.39, 0.29) is 11.8 Å². The van der Waals surface area contributed by atoms with Crippen LogP contribution in [0.5, 0.6) is 5.75 Å². The highest BCUT2D eigenvalue weighted by Gasteiger charge is 2.60. The number of pyridine rings is 1. The van der Waals surface area contributed by atoms with Crippen molar-refractivity contribution >= 4 is 26.4 Å². The number of rotatable bonds is 5. The largest absolute Gasteiger partial charge is 0.491 e. The van der Waals surface area contributed by atoms with Crippen molar-refractivity contribution in [3.8, 4) is 5.75 Å². The van der Waals surface area contributed by atoms with Crippen LogP contribution in [0.15, 0.2) is 30.5 Å².